The summed E-state index contributed by atoms with van der Waals surface area (Å²) in [5.41, 5.74) is 1.13. The van der Waals surface area contributed by atoms with Crippen molar-refractivity contribution in [3.05, 3.63) is 17.8 Å². The second-order valence-electron chi connectivity index (χ2n) is 3.56. The molecule has 0 amide bonds. The molecule has 2 rings (SSSR count). The summed E-state index contributed by atoms with van der Waals surface area (Å²) in [4.78, 5) is 4.45. The summed E-state index contributed by atoms with van der Waals surface area (Å²) in [6.07, 6.45) is 5.19. The molecule has 0 bridgehead atoms. The van der Waals surface area contributed by atoms with Gasteiger partial charge >= 0.3 is 0 Å². The van der Waals surface area contributed by atoms with Crippen LogP contribution < -0.4 is 5.32 Å². The quantitative estimate of drug-likeness (QED) is 0.752. The fourth-order valence-corrected chi connectivity index (χ4v) is 1.78. The summed E-state index contributed by atoms with van der Waals surface area (Å²) in [7, 11) is 0. The van der Waals surface area contributed by atoms with Crippen LogP contribution in [0.15, 0.2) is 10.7 Å². The number of aromatic nitrogens is 1. The molecule has 3 nitrogen and oxygen atoms in total. The number of piperidine rings is 1. The van der Waals surface area contributed by atoms with Crippen molar-refractivity contribution in [3.63, 3.8) is 0 Å². The zero-order valence-electron chi connectivity index (χ0n) is 8.05. The third-order valence-corrected chi connectivity index (χ3v) is 2.59. The Bertz CT molecular complexity index is 264. The van der Waals surface area contributed by atoms with E-state index >= 15 is 0 Å². The Balaban J connectivity index is 2.05. The van der Waals surface area contributed by atoms with E-state index in [4.69, 9.17) is 4.42 Å². The van der Waals surface area contributed by atoms with Crippen LogP contribution in [0.2, 0.25) is 0 Å². The molecule has 0 aromatic carbocycles. The third kappa shape index (κ3) is 1.91. The molecule has 1 aliphatic heterocycles. The van der Waals surface area contributed by atoms with Gasteiger partial charge in [-0.1, -0.05) is 6.92 Å². The molecule has 3 heteroatoms. The van der Waals surface area contributed by atoms with Gasteiger partial charge in [0.25, 0.3) is 0 Å². The largest absolute Gasteiger partial charge is 0.449 e. The Kier molecular flexibility index (Phi) is 2.64. The molecule has 1 saturated heterocycles. The number of aryl methyl sites for hydroxylation is 1. The fraction of sp³-hybridized carbons (Fsp3) is 0.700. The highest BCUT2D eigenvalue weighted by Crippen LogP contribution is 2.22. The summed E-state index contributed by atoms with van der Waals surface area (Å²) in [6.45, 7) is 4.26. The molecule has 0 aliphatic carbocycles. The summed E-state index contributed by atoms with van der Waals surface area (Å²) in [5.74, 6) is 1.43. The molecule has 1 aliphatic rings. The van der Waals surface area contributed by atoms with E-state index in [0.717, 1.165) is 31.1 Å². The van der Waals surface area contributed by atoms with Gasteiger partial charge in [0.2, 0.25) is 0 Å². The van der Waals surface area contributed by atoms with Gasteiger partial charge in [0.1, 0.15) is 6.26 Å². The number of nitrogens with one attached hydrogen (secondary N) is 1. The normalized spacial score (nSPS) is 23.3. The third-order valence-electron chi connectivity index (χ3n) is 2.59. The smallest absolute Gasteiger partial charge is 0.193 e. The number of nitrogens with zero attached hydrogens (tertiary/aromatic N) is 1. The van der Waals surface area contributed by atoms with Crippen molar-refractivity contribution in [1.29, 1.82) is 0 Å². The molecule has 13 heavy (non-hydrogen) atoms. The lowest BCUT2D eigenvalue weighted by Crippen LogP contribution is -2.28. The van der Waals surface area contributed by atoms with Gasteiger partial charge in [-0.15, -0.1) is 0 Å². The Morgan fingerprint density at radius 2 is 2.62 bits per heavy atom. The SMILES string of the molecule is CCc1nc(C2CCCNC2)co1. The predicted molar refractivity (Wildman–Crippen MR) is 50.7 cm³/mol. The van der Waals surface area contributed by atoms with E-state index in [1.54, 1.807) is 0 Å². The summed E-state index contributed by atoms with van der Waals surface area (Å²) in [5, 5.41) is 3.38. The Morgan fingerprint density at radius 1 is 1.69 bits per heavy atom. The van der Waals surface area contributed by atoms with Gasteiger partial charge in [-0.2, -0.15) is 0 Å². The van der Waals surface area contributed by atoms with Gasteiger partial charge in [-0.25, -0.2) is 4.98 Å². The Morgan fingerprint density at radius 3 is 3.23 bits per heavy atom. The first-order valence-electron chi connectivity index (χ1n) is 5.05. The van der Waals surface area contributed by atoms with E-state index in [1.165, 1.54) is 12.8 Å². The Labute approximate surface area is 78.5 Å². The van der Waals surface area contributed by atoms with Crippen molar-refractivity contribution in [3.8, 4) is 0 Å². The van der Waals surface area contributed by atoms with Crippen molar-refractivity contribution in [2.75, 3.05) is 13.1 Å². The average Bonchev–Trinajstić information content (AvgIpc) is 2.67. The summed E-state index contributed by atoms with van der Waals surface area (Å²) >= 11 is 0. The first kappa shape index (κ1) is 8.75. The molecule has 72 valence electrons. The molecule has 1 aromatic heterocycles. The van der Waals surface area contributed by atoms with Crippen LogP contribution in [0.4, 0.5) is 0 Å². The summed E-state index contributed by atoms with van der Waals surface area (Å²) < 4.78 is 5.33. The zero-order valence-corrected chi connectivity index (χ0v) is 8.05. The first-order chi connectivity index (χ1) is 6.40. The van der Waals surface area contributed by atoms with Gasteiger partial charge in [0.05, 0.1) is 5.69 Å². The molecule has 1 unspecified atom stereocenters. The van der Waals surface area contributed by atoms with Crippen molar-refractivity contribution in [1.82, 2.24) is 10.3 Å². The molecular weight excluding hydrogens is 164 g/mol. The van der Waals surface area contributed by atoms with Gasteiger partial charge in [0, 0.05) is 18.9 Å². The van der Waals surface area contributed by atoms with E-state index < -0.39 is 0 Å². The number of hydrogen-bond acceptors (Lipinski definition) is 3. The minimum absolute atomic E-state index is 0.567. The molecule has 0 saturated carbocycles. The van der Waals surface area contributed by atoms with Crippen molar-refractivity contribution >= 4 is 0 Å². The van der Waals surface area contributed by atoms with E-state index in [2.05, 4.69) is 17.2 Å². The zero-order chi connectivity index (χ0) is 9.10. The van der Waals surface area contributed by atoms with Crippen molar-refractivity contribution in [2.24, 2.45) is 0 Å². The second kappa shape index (κ2) is 3.92. The van der Waals surface area contributed by atoms with Crippen molar-refractivity contribution in [2.45, 2.75) is 32.1 Å². The maximum atomic E-state index is 5.33. The number of oxazole rings is 1. The van der Waals surface area contributed by atoms with Crippen LogP contribution in [-0.4, -0.2) is 18.1 Å². The van der Waals surface area contributed by atoms with Gasteiger partial charge < -0.3 is 9.73 Å². The van der Waals surface area contributed by atoms with Gasteiger partial charge in [-0.3, -0.25) is 0 Å². The summed E-state index contributed by atoms with van der Waals surface area (Å²) in [6, 6.07) is 0. The number of rotatable bonds is 2. The topological polar surface area (TPSA) is 38.1 Å². The molecule has 0 spiro atoms. The monoisotopic (exact) mass is 180 g/mol. The molecule has 1 N–H and O–H groups in total. The lowest BCUT2D eigenvalue weighted by Gasteiger charge is -2.20. The Hall–Kier alpha value is -0.830. The molecule has 1 fully saturated rings. The van der Waals surface area contributed by atoms with Gasteiger partial charge in [-0.05, 0) is 19.4 Å². The molecule has 1 aromatic rings. The first-order valence-corrected chi connectivity index (χ1v) is 5.05. The highest BCUT2D eigenvalue weighted by Gasteiger charge is 2.18. The van der Waals surface area contributed by atoms with Crippen LogP contribution in [0.5, 0.6) is 0 Å². The highest BCUT2D eigenvalue weighted by molar-refractivity contribution is 5.06. The van der Waals surface area contributed by atoms with Crippen LogP contribution in [0, 0.1) is 0 Å². The van der Waals surface area contributed by atoms with Crippen LogP contribution in [0.3, 0.4) is 0 Å². The molecular formula is C10H16N2O. The van der Waals surface area contributed by atoms with Crippen LogP contribution in [-0.2, 0) is 6.42 Å². The molecule has 1 atom stereocenters. The minimum atomic E-state index is 0.567. The van der Waals surface area contributed by atoms with E-state index in [9.17, 15) is 0 Å². The fourth-order valence-electron chi connectivity index (χ4n) is 1.78. The maximum Gasteiger partial charge on any atom is 0.193 e. The van der Waals surface area contributed by atoms with Crippen LogP contribution in [0.25, 0.3) is 0 Å². The minimum Gasteiger partial charge on any atom is -0.449 e. The molecule has 0 radical (unpaired) electrons. The van der Waals surface area contributed by atoms with Gasteiger partial charge in [0.15, 0.2) is 5.89 Å². The predicted octanol–water partition coefficient (Wildman–Crippen LogP) is 1.70. The maximum absolute atomic E-state index is 5.33. The average molecular weight is 180 g/mol. The standard InChI is InChI=1S/C10H16N2O/c1-2-10-12-9(7-13-10)8-4-3-5-11-6-8/h7-8,11H,2-6H2,1H3. The van der Waals surface area contributed by atoms with Crippen LogP contribution in [0.1, 0.15) is 37.3 Å². The van der Waals surface area contributed by atoms with E-state index in [1.807, 2.05) is 6.26 Å². The highest BCUT2D eigenvalue weighted by atomic mass is 16.3. The van der Waals surface area contributed by atoms with Crippen LogP contribution >= 0.6 is 0 Å². The second-order valence-corrected chi connectivity index (χ2v) is 3.56. The van der Waals surface area contributed by atoms with E-state index in [-0.39, 0.29) is 0 Å². The van der Waals surface area contributed by atoms with Crippen molar-refractivity contribution < 1.29 is 4.42 Å². The lowest BCUT2D eigenvalue weighted by atomic mass is 9.97. The lowest BCUT2D eigenvalue weighted by molar-refractivity contribution is 0.452. The van der Waals surface area contributed by atoms with E-state index in [0.29, 0.717) is 5.92 Å². The molecule has 2 heterocycles. The number of hydrogen-bond donors (Lipinski definition) is 1.